The molecule has 0 aromatic heterocycles. The van der Waals surface area contributed by atoms with Gasteiger partial charge < -0.3 is 0 Å². The van der Waals surface area contributed by atoms with Gasteiger partial charge in [-0.1, -0.05) is 65.9 Å². The highest BCUT2D eigenvalue weighted by atomic mass is 35.5. The number of carbonyl (C=O) groups excluding carboxylic acids is 1. The Kier molecular flexibility index (Phi) is 4.34. The van der Waals surface area contributed by atoms with Crippen molar-refractivity contribution in [3.05, 3.63) is 69.6 Å². The van der Waals surface area contributed by atoms with E-state index < -0.39 is 0 Å². The van der Waals surface area contributed by atoms with Gasteiger partial charge in [-0.3, -0.25) is 9.69 Å². The topological polar surface area (TPSA) is 20.3 Å². The Morgan fingerprint density at radius 1 is 1.18 bits per heavy atom. The van der Waals surface area contributed by atoms with E-state index in [0.717, 1.165) is 16.8 Å². The van der Waals surface area contributed by atoms with Crippen molar-refractivity contribution in [1.82, 2.24) is 0 Å². The molecule has 1 saturated heterocycles. The zero-order valence-electron chi connectivity index (χ0n) is 11.7. The molecule has 2 nitrogen and oxygen atoms in total. The van der Waals surface area contributed by atoms with Crippen LogP contribution in [0.1, 0.15) is 11.1 Å². The zero-order chi connectivity index (χ0) is 15.7. The standard InChI is InChI=1S/C17H12ClNOS2/c1-11-5-4-7-13(9-11)19-16(20)15(22-17(19)21)10-12-6-2-3-8-14(12)18/h2-10H,1H3/b15-10-. The van der Waals surface area contributed by atoms with E-state index >= 15 is 0 Å². The highest BCUT2D eigenvalue weighted by Gasteiger charge is 2.33. The molecule has 1 amide bonds. The number of thiocarbonyl (C=S) groups is 1. The van der Waals surface area contributed by atoms with E-state index in [1.807, 2.05) is 49.4 Å². The van der Waals surface area contributed by atoms with Crippen molar-refractivity contribution in [2.24, 2.45) is 0 Å². The fourth-order valence-corrected chi connectivity index (χ4v) is 3.67. The van der Waals surface area contributed by atoms with Gasteiger partial charge in [0.25, 0.3) is 5.91 Å². The van der Waals surface area contributed by atoms with E-state index in [-0.39, 0.29) is 5.91 Å². The fourth-order valence-electron chi connectivity index (χ4n) is 2.19. The number of hydrogen-bond donors (Lipinski definition) is 0. The molecular weight excluding hydrogens is 334 g/mol. The lowest BCUT2D eigenvalue weighted by Gasteiger charge is -2.14. The quantitative estimate of drug-likeness (QED) is 0.561. The molecular formula is C17H12ClNOS2. The summed E-state index contributed by atoms with van der Waals surface area (Å²) in [6.45, 7) is 1.99. The number of amides is 1. The molecule has 0 unspecified atom stereocenters. The summed E-state index contributed by atoms with van der Waals surface area (Å²) in [6, 6.07) is 15.2. The summed E-state index contributed by atoms with van der Waals surface area (Å²) in [6.07, 6.45) is 1.79. The molecule has 1 heterocycles. The van der Waals surface area contributed by atoms with Gasteiger partial charge in [0, 0.05) is 5.02 Å². The molecule has 0 radical (unpaired) electrons. The number of thioether (sulfide) groups is 1. The van der Waals surface area contributed by atoms with Gasteiger partial charge in [0.15, 0.2) is 4.32 Å². The number of aryl methyl sites for hydroxylation is 1. The number of halogens is 1. The number of carbonyl (C=O) groups is 1. The van der Waals surface area contributed by atoms with Crippen LogP contribution in [0.2, 0.25) is 5.02 Å². The van der Waals surface area contributed by atoms with E-state index in [4.69, 9.17) is 23.8 Å². The molecule has 22 heavy (non-hydrogen) atoms. The minimum atomic E-state index is -0.111. The van der Waals surface area contributed by atoms with Crippen LogP contribution in [0.25, 0.3) is 6.08 Å². The first kappa shape index (κ1) is 15.3. The molecule has 1 fully saturated rings. The van der Waals surface area contributed by atoms with Gasteiger partial charge in [-0.05, 0) is 42.3 Å². The summed E-state index contributed by atoms with van der Waals surface area (Å²) < 4.78 is 0.536. The van der Waals surface area contributed by atoms with Crippen molar-refractivity contribution >= 4 is 57.6 Å². The first-order chi connectivity index (χ1) is 10.6. The zero-order valence-corrected chi connectivity index (χ0v) is 14.1. The maximum absolute atomic E-state index is 12.6. The number of hydrogen-bond acceptors (Lipinski definition) is 3. The van der Waals surface area contributed by atoms with Gasteiger partial charge in [0.05, 0.1) is 10.6 Å². The van der Waals surface area contributed by atoms with Crippen LogP contribution < -0.4 is 4.90 Å². The Bertz CT molecular complexity index is 801. The smallest absolute Gasteiger partial charge is 0.268 e. The second-order valence-electron chi connectivity index (χ2n) is 4.88. The molecule has 0 spiro atoms. The van der Waals surface area contributed by atoms with Gasteiger partial charge >= 0.3 is 0 Å². The van der Waals surface area contributed by atoms with Crippen LogP contribution in [0.15, 0.2) is 53.4 Å². The molecule has 3 rings (SSSR count). The van der Waals surface area contributed by atoms with Crippen LogP contribution >= 0.6 is 35.6 Å². The molecule has 0 saturated carbocycles. The summed E-state index contributed by atoms with van der Waals surface area (Å²) in [5.41, 5.74) is 2.70. The summed E-state index contributed by atoms with van der Waals surface area (Å²) in [5, 5.41) is 0.614. The number of nitrogens with zero attached hydrogens (tertiary/aromatic N) is 1. The molecule has 110 valence electrons. The largest absolute Gasteiger partial charge is 0.270 e. The second-order valence-corrected chi connectivity index (χ2v) is 6.96. The lowest BCUT2D eigenvalue weighted by atomic mass is 10.2. The number of benzene rings is 2. The Labute approximate surface area is 143 Å². The predicted octanol–water partition coefficient (Wildman–Crippen LogP) is 5.05. The highest BCUT2D eigenvalue weighted by Crippen LogP contribution is 2.36. The van der Waals surface area contributed by atoms with Gasteiger partial charge in [-0.2, -0.15) is 0 Å². The van der Waals surface area contributed by atoms with Crippen molar-refractivity contribution in [1.29, 1.82) is 0 Å². The SMILES string of the molecule is Cc1cccc(N2C(=O)/C(=C/c3ccccc3Cl)SC2=S)c1. The molecule has 5 heteroatoms. The summed E-state index contributed by atoms with van der Waals surface area (Å²) in [7, 11) is 0. The molecule has 2 aromatic carbocycles. The van der Waals surface area contributed by atoms with Gasteiger partial charge in [0.1, 0.15) is 0 Å². The van der Waals surface area contributed by atoms with Gasteiger partial charge in [-0.25, -0.2) is 0 Å². The lowest BCUT2D eigenvalue weighted by molar-refractivity contribution is -0.113. The van der Waals surface area contributed by atoms with Crippen molar-refractivity contribution in [3.63, 3.8) is 0 Å². The molecule has 0 bridgehead atoms. The maximum Gasteiger partial charge on any atom is 0.270 e. The van der Waals surface area contributed by atoms with Crippen LogP contribution in [0.5, 0.6) is 0 Å². The second kappa shape index (κ2) is 6.24. The van der Waals surface area contributed by atoms with E-state index in [9.17, 15) is 4.79 Å². The highest BCUT2D eigenvalue weighted by molar-refractivity contribution is 8.27. The molecule has 2 aromatic rings. The van der Waals surface area contributed by atoms with Crippen LogP contribution in [-0.4, -0.2) is 10.2 Å². The van der Waals surface area contributed by atoms with Crippen molar-refractivity contribution < 1.29 is 4.79 Å². The summed E-state index contributed by atoms with van der Waals surface area (Å²) in [4.78, 5) is 14.8. The number of anilines is 1. The van der Waals surface area contributed by atoms with Crippen LogP contribution in [0.4, 0.5) is 5.69 Å². The third kappa shape index (κ3) is 2.95. The summed E-state index contributed by atoms with van der Waals surface area (Å²) in [5.74, 6) is -0.111. The maximum atomic E-state index is 12.6. The average Bonchev–Trinajstić information content (AvgIpc) is 2.76. The van der Waals surface area contributed by atoms with E-state index in [0.29, 0.717) is 14.2 Å². The van der Waals surface area contributed by atoms with Gasteiger partial charge in [0.2, 0.25) is 0 Å². The van der Waals surface area contributed by atoms with Crippen LogP contribution in [0.3, 0.4) is 0 Å². The monoisotopic (exact) mass is 345 g/mol. The van der Waals surface area contributed by atoms with Gasteiger partial charge in [-0.15, -0.1) is 0 Å². The third-order valence-electron chi connectivity index (χ3n) is 3.25. The molecule has 1 aliphatic heterocycles. The Morgan fingerprint density at radius 2 is 1.95 bits per heavy atom. The first-order valence-corrected chi connectivity index (χ1v) is 8.26. The molecule has 0 N–H and O–H groups in total. The lowest BCUT2D eigenvalue weighted by Crippen LogP contribution is -2.27. The minimum Gasteiger partial charge on any atom is -0.268 e. The first-order valence-electron chi connectivity index (χ1n) is 6.65. The van der Waals surface area contributed by atoms with Crippen LogP contribution in [0, 0.1) is 6.92 Å². The molecule has 0 aliphatic carbocycles. The Balaban J connectivity index is 1.97. The van der Waals surface area contributed by atoms with E-state index in [1.54, 1.807) is 17.0 Å². The summed E-state index contributed by atoms with van der Waals surface area (Å²) >= 11 is 12.8. The molecule has 0 atom stereocenters. The number of rotatable bonds is 2. The third-order valence-corrected chi connectivity index (χ3v) is 4.89. The average molecular weight is 346 g/mol. The van der Waals surface area contributed by atoms with Crippen LogP contribution in [-0.2, 0) is 4.79 Å². The van der Waals surface area contributed by atoms with Crippen molar-refractivity contribution in [3.8, 4) is 0 Å². The minimum absolute atomic E-state index is 0.111. The Morgan fingerprint density at radius 3 is 2.68 bits per heavy atom. The Hall–Kier alpha value is -1.62. The van der Waals surface area contributed by atoms with E-state index in [2.05, 4.69) is 0 Å². The fraction of sp³-hybridized carbons (Fsp3) is 0.0588. The van der Waals surface area contributed by atoms with Crippen molar-refractivity contribution in [2.45, 2.75) is 6.92 Å². The van der Waals surface area contributed by atoms with E-state index in [1.165, 1.54) is 11.8 Å². The normalized spacial score (nSPS) is 16.6. The molecule has 1 aliphatic rings. The predicted molar refractivity (Wildman–Crippen MR) is 98.3 cm³/mol. The van der Waals surface area contributed by atoms with Crippen molar-refractivity contribution in [2.75, 3.05) is 4.90 Å².